The second-order valence-corrected chi connectivity index (χ2v) is 12.2. The molecule has 164 valence electrons. The third kappa shape index (κ3) is 3.58. The lowest BCUT2D eigenvalue weighted by Crippen LogP contribution is -2.50. The van der Waals surface area contributed by atoms with E-state index < -0.39 is 0 Å². The largest absolute Gasteiger partial charge is 0.393 e. The minimum absolute atomic E-state index is 0.0861. The van der Waals surface area contributed by atoms with Crippen LogP contribution in [0.4, 0.5) is 0 Å². The lowest BCUT2D eigenvalue weighted by atomic mass is 9.47. The zero-order chi connectivity index (χ0) is 21.0. The van der Waals surface area contributed by atoms with Crippen molar-refractivity contribution in [1.29, 1.82) is 0 Å². The molecule has 1 heteroatoms. The standard InChI is InChI=1S/C28H46O/c1-18(2)19(3)7-8-20(4)24-11-12-25-23-10-9-21-17-22(29)13-15-27(21,5)26(23)14-16-28(24,25)6/h9,18,20,22-26,29H,3,7-8,10-17H2,1-2,4-6H3/t20?,22-,23?,24?,25?,26?,27?,28?/m0/s1. The van der Waals surface area contributed by atoms with Gasteiger partial charge in [0.2, 0.25) is 0 Å². The maximum absolute atomic E-state index is 10.2. The Balaban J connectivity index is 1.49. The molecule has 8 atom stereocenters. The highest BCUT2D eigenvalue weighted by molar-refractivity contribution is 5.25. The summed E-state index contributed by atoms with van der Waals surface area (Å²) in [5.74, 6) is 5.03. The molecule has 1 N–H and O–H groups in total. The number of hydrogen-bond acceptors (Lipinski definition) is 1. The highest BCUT2D eigenvalue weighted by atomic mass is 16.3. The average molecular weight is 399 g/mol. The number of fused-ring (bicyclic) bond motifs is 5. The number of aliphatic hydroxyl groups excluding tert-OH is 1. The summed E-state index contributed by atoms with van der Waals surface area (Å²) in [4.78, 5) is 0. The Morgan fingerprint density at radius 3 is 2.59 bits per heavy atom. The van der Waals surface area contributed by atoms with Crippen LogP contribution in [0.2, 0.25) is 0 Å². The summed E-state index contributed by atoms with van der Waals surface area (Å²) in [7, 11) is 0. The fourth-order valence-corrected chi connectivity index (χ4v) is 8.52. The molecule has 29 heavy (non-hydrogen) atoms. The summed E-state index contributed by atoms with van der Waals surface area (Å²) in [6.07, 6.45) is 15.3. The summed E-state index contributed by atoms with van der Waals surface area (Å²) in [6, 6.07) is 0. The number of rotatable bonds is 5. The van der Waals surface area contributed by atoms with E-state index in [0.29, 0.717) is 16.7 Å². The SMILES string of the molecule is C=C(CCC(C)C1CCC2C3CC=C4C[C@@H](O)CCC4(C)C3CCC12C)C(C)C. The van der Waals surface area contributed by atoms with Crippen molar-refractivity contribution in [3.8, 4) is 0 Å². The molecule has 7 unspecified atom stereocenters. The molecule has 0 saturated heterocycles. The molecule has 1 nitrogen and oxygen atoms in total. The van der Waals surface area contributed by atoms with Gasteiger partial charge in [0.1, 0.15) is 0 Å². The molecule has 4 rings (SSSR count). The van der Waals surface area contributed by atoms with Crippen LogP contribution < -0.4 is 0 Å². The van der Waals surface area contributed by atoms with Crippen molar-refractivity contribution < 1.29 is 5.11 Å². The van der Waals surface area contributed by atoms with Crippen LogP contribution in [0, 0.1) is 46.3 Å². The fraction of sp³-hybridized carbons (Fsp3) is 0.857. The summed E-state index contributed by atoms with van der Waals surface area (Å²) in [5.41, 5.74) is 3.98. The van der Waals surface area contributed by atoms with Crippen LogP contribution in [0.15, 0.2) is 23.8 Å². The van der Waals surface area contributed by atoms with Crippen LogP contribution in [0.1, 0.15) is 98.8 Å². The Labute approximate surface area is 180 Å². The first-order valence-corrected chi connectivity index (χ1v) is 12.7. The van der Waals surface area contributed by atoms with Gasteiger partial charge in [0.25, 0.3) is 0 Å². The number of hydrogen-bond donors (Lipinski definition) is 1. The molecule has 0 aromatic carbocycles. The molecule has 0 amide bonds. The quantitative estimate of drug-likeness (QED) is 0.474. The van der Waals surface area contributed by atoms with E-state index in [0.717, 1.165) is 42.4 Å². The van der Waals surface area contributed by atoms with Gasteiger partial charge in [-0.05, 0) is 111 Å². The molecule has 3 saturated carbocycles. The molecule has 0 bridgehead atoms. The molecule has 3 fully saturated rings. The fourth-order valence-electron chi connectivity index (χ4n) is 8.52. The van der Waals surface area contributed by atoms with Crippen LogP contribution >= 0.6 is 0 Å². The van der Waals surface area contributed by atoms with Gasteiger partial charge in [0.15, 0.2) is 0 Å². The monoisotopic (exact) mass is 398 g/mol. The number of allylic oxidation sites excluding steroid dienone is 2. The zero-order valence-corrected chi connectivity index (χ0v) is 19.8. The Morgan fingerprint density at radius 1 is 1.10 bits per heavy atom. The smallest absolute Gasteiger partial charge is 0.0577 e. The van der Waals surface area contributed by atoms with Crippen LogP contribution in [0.5, 0.6) is 0 Å². The maximum atomic E-state index is 10.2. The van der Waals surface area contributed by atoms with Gasteiger partial charge in [0.05, 0.1) is 6.10 Å². The van der Waals surface area contributed by atoms with Crippen molar-refractivity contribution in [2.75, 3.05) is 0 Å². The van der Waals surface area contributed by atoms with Crippen molar-refractivity contribution in [1.82, 2.24) is 0 Å². The second-order valence-electron chi connectivity index (χ2n) is 12.2. The average Bonchev–Trinajstić information content (AvgIpc) is 3.03. The van der Waals surface area contributed by atoms with Crippen LogP contribution in [-0.2, 0) is 0 Å². The Hall–Kier alpha value is -0.560. The zero-order valence-electron chi connectivity index (χ0n) is 19.8. The molecule has 0 heterocycles. The van der Waals surface area contributed by atoms with Gasteiger partial charge in [0, 0.05) is 0 Å². The third-order valence-corrected chi connectivity index (χ3v) is 10.6. The molecule has 4 aliphatic carbocycles. The lowest BCUT2D eigenvalue weighted by molar-refractivity contribution is -0.0571. The van der Waals surface area contributed by atoms with E-state index in [1.165, 1.54) is 56.9 Å². The number of aliphatic hydroxyl groups is 1. The second kappa shape index (κ2) is 7.85. The van der Waals surface area contributed by atoms with Gasteiger partial charge in [-0.15, -0.1) is 0 Å². The highest BCUT2D eigenvalue weighted by Gasteiger charge is 2.59. The summed E-state index contributed by atoms with van der Waals surface area (Å²) in [6.45, 7) is 16.7. The van der Waals surface area contributed by atoms with E-state index in [9.17, 15) is 5.11 Å². The minimum Gasteiger partial charge on any atom is -0.393 e. The Bertz CT molecular complexity index is 659. The Morgan fingerprint density at radius 2 is 1.86 bits per heavy atom. The van der Waals surface area contributed by atoms with Crippen LogP contribution in [0.25, 0.3) is 0 Å². The first-order chi connectivity index (χ1) is 13.7. The molecule has 4 aliphatic rings. The van der Waals surface area contributed by atoms with E-state index in [1.807, 2.05) is 0 Å². The van der Waals surface area contributed by atoms with E-state index in [-0.39, 0.29) is 6.10 Å². The lowest BCUT2D eigenvalue weighted by Gasteiger charge is -2.58. The van der Waals surface area contributed by atoms with Gasteiger partial charge in [-0.25, -0.2) is 0 Å². The molecule has 0 spiro atoms. The normalized spacial score (nSPS) is 45.2. The summed E-state index contributed by atoms with van der Waals surface area (Å²) < 4.78 is 0. The van der Waals surface area contributed by atoms with Crippen LogP contribution in [-0.4, -0.2) is 11.2 Å². The van der Waals surface area contributed by atoms with Gasteiger partial charge in [-0.3, -0.25) is 0 Å². The van der Waals surface area contributed by atoms with E-state index in [1.54, 1.807) is 5.57 Å². The molecular formula is C28H46O. The van der Waals surface area contributed by atoms with Gasteiger partial charge >= 0.3 is 0 Å². The molecule has 0 radical (unpaired) electrons. The minimum atomic E-state index is -0.0861. The molecule has 0 aromatic rings. The summed E-state index contributed by atoms with van der Waals surface area (Å²) >= 11 is 0. The first-order valence-electron chi connectivity index (χ1n) is 12.7. The van der Waals surface area contributed by atoms with Crippen molar-refractivity contribution in [3.63, 3.8) is 0 Å². The predicted molar refractivity (Wildman–Crippen MR) is 124 cm³/mol. The Kier molecular flexibility index (Phi) is 5.86. The topological polar surface area (TPSA) is 20.2 Å². The van der Waals surface area contributed by atoms with Crippen LogP contribution in [0.3, 0.4) is 0 Å². The predicted octanol–water partition coefficient (Wildman–Crippen LogP) is 7.55. The van der Waals surface area contributed by atoms with E-state index in [4.69, 9.17) is 0 Å². The third-order valence-electron chi connectivity index (χ3n) is 10.6. The molecular weight excluding hydrogens is 352 g/mol. The van der Waals surface area contributed by atoms with E-state index >= 15 is 0 Å². The van der Waals surface area contributed by atoms with Crippen molar-refractivity contribution in [2.45, 2.75) is 105 Å². The van der Waals surface area contributed by atoms with Gasteiger partial charge in [-0.2, -0.15) is 0 Å². The van der Waals surface area contributed by atoms with Gasteiger partial charge < -0.3 is 5.11 Å². The first kappa shape index (κ1) is 21.7. The maximum Gasteiger partial charge on any atom is 0.0577 e. The van der Waals surface area contributed by atoms with Crippen molar-refractivity contribution in [3.05, 3.63) is 23.8 Å². The highest BCUT2D eigenvalue weighted by Crippen LogP contribution is 2.67. The van der Waals surface area contributed by atoms with Crippen molar-refractivity contribution >= 4 is 0 Å². The van der Waals surface area contributed by atoms with Gasteiger partial charge in [-0.1, -0.05) is 58.4 Å². The van der Waals surface area contributed by atoms with E-state index in [2.05, 4.69) is 47.3 Å². The van der Waals surface area contributed by atoms with Crippen molar-refractivity contribution in [2.24, 2.45) is 46.3 Å². The molecule has 0 aliphatic heterocycles. The molecule has 0 aromatic heterocycles. The summed E-state index contributed by atoms with van der Waals surface area (Å²) in [5, 5.41) is 10.2.